The maximum atomic E-state index is 12.2. The normalized spacial score (nSPS) is 10.8. The Morgan fingerprint density at radius 2 is 2.00 bits per heavy atom. The van der Waals surface area contributed by atoms with Crippen LogP contribution in [-0.4, -0.2) is 24.2 Å². The highest BCUT2D eigenvalue weighted by Gasteiger charge is 2.11. The molecule has 1 heterocycles. The fourth-order valence-electron chi connectivity index (χ4n) is 2.98. The van der Waals surface area contributed by atoms with Crippen molar-refractivity contribution < 1.29 is 9.53 Å². The lowest BCUT2D eigenvalue weighted by molar-refractivity contribution is 0.247. The van der Waals surface area contributed by atoms with Gasteiger partial charge in [0.25, 0.3) is 0 Å². The smallest absolute Gasteiger partial charge is 0.319 e. The number of amides is 2. The molecule has 1 aromatic heterocycles. The molecule has 2 aromatic carbocycles. The summed E-state index contributed by atoms with van der Waals surface area (Å²) in [4.78, 5) is 16.5. The SMILES string of the molecule is Cc1cccc(C(C)C)c1NC(=O)NCCOc1ccc2ncccc2c1. The number of aromatic nitrogens is 1. The van der Waals surface area contributed by atoms with Crippen LogP contribution in [0, 0.1) is 6.92 Å². The number of hydrogen-bond acceptors (Lipinski definition) is 3. The predicted octanol–water partition coefficient (Wildman–Crippen LogP) is 4.87. The number of aryl methyl sites for hydroxylation is 1. The molecule has 140 valence electrons. The van der Waals surface area contributed by atoms with E-state index >= 15 is 0 Å². The predicted molar refractivity (Wildman–Crippen MR) is 110 cm³/mol. The van der Waals surface area contributed by atoms with Gasteiger partial charge in [-0.25, -0.2) is 4.79 Å². The standard InChI is InChI=1S/C22H25N3O2/c1-15(2)19-8-4-6-16(3)21(19)25-22(26)24-12-13-27-18-9-10-20-17(14-18)7-5-11-23-20/h4-11,14-15H,12-13H2,1-3H3,(H2,24,25,26). The number of hydrogen-bond donors (Lipinski definition) is 2. The minimum atomic E-state index is -0.225. The van der Waals surface area contributed by atoms with E-state index in [1.807, 2.05) is 55.5 Å². The Hall–Kier alpha value is -3.08. The Balaban J connectivity index is 1.51. The fourth-order valence-corrected chi connectivity index (χ4v) is 2.98. The first-order chi connectivity index (χ1) is 13.0. The number of pyridine rings is 1. The van der Waals surface area contributed by atoms with Crippen molar-refractivity contribution in [2.75, 3.05) is 18.5 Å². The number of rotatable bonds is 6. The third-order valence-corrected chi connectivity index (χ3v) is 4.40. The van der Waals surface area contributed by atoms with Crippen LogP contribution >= 0.6 is 0 Å². The molecule has 3 rings (SSSR count). The second kappa shape index (κ2) is 8.54. The van der Waals surface area contributed by atoms with Gasteiger partial charge in [-0.1, -0.05) is 38.1 Å². The second-order valence-electron chi connectivity index (χ2n) is 6.78. The molecule has 0 bridgehead atoms. The van der Waals surface area contributed by atoms with Crippen LogP contribution in [0.3, 0.4) is 0 Å². The summed E-state index contributed by atoms with van der Waals surface area (Å²) in [7, 11) is 0. The average molecular weight is 363 g/mol. The molecule has 3 aromatic rings. The number of benzene rings is 2. The van der Waals surface area contributed by atoms with Crippen molar-refractivity contribution in [2.24, 2.45) is 0 Å². The molecule has 0 saturated carbocycles. The minimum Gasteiger partial charge on any atom is -0.492 e. The molecule has 2 N–H and O–H groups in total. The van der Waals surface area contributed by atoms with E-state index < -0.39 is 0 Å². The summed E-state index contributed by atoms with van der Waals surface area (Å²) in [5, 5.41) is 6.84. The molecule has 0 fully saturated rings. The lowest BCUT2D eigenvalue weighted by atomic mass is 9.98. The van der Waals surface area contributed by atoms with Gasteiger partial charge >= 0.3 is 6.03 Å². The molecule has 0 spiro atoms. The summed E-state index contributed by atoms with van der Waals surface area (Å²) in [6.07, 6.45) is 1.77. The largest absolute Gasteiger partial charge is 0.492 e. The van der Waals surface area contributed by atoms with Gasteiger partial charge < -0.3 is 15.4 Å². The van der Waals surface area contributed by atoms with Gasteiger partial charge in [-0.3, -0.25) is 4.98 Å². The van der Waals surface area contributed by atoms with E-state index in [-0.39, 0.29) is 6.03 Å². The number of nitrogens with zero attached hydrogens (tertiary/aromatic N) is 1. The molecule has 2 amide bonds. The van der Waals surface area contributed by atoms with Crippen molar-refractivity contribution in [3.63, 3.8) is 0 Å². The quantitative estimate of drug-likeness (QED) is 0.614. The van der Waals surface area contributed by atoms with Crippen molar-refractivity contribution in [3.05, 3.63) is 65.9 Å². The van der Waals surface area contributed by atoms with Crippen LogP contribution in [0.15, 0.2) is 54.7 Å². The molecule has 27 heavy (non-hydrogen) atoms. The van der Waals surface area contributed by atoms with Gasteiger partial charge in [0.2, 0.25) is 0 Å². The number of carbonyl (C=O) groups excluding carboxylic acids is 1. The number of anilines is 1. The topological polar surface area (TPSA) is 63.2 Å². The first-order valence-electron chi connectivity index (χ1n) is 9.16. The zero-order chi connectivity index (χ0) is 19.2. The Morgan fingerprint density at radius 3 is 2.81 bits per heavy atom. The van der Waals surface area contributed by atoms with E-state index in [2.05, 4.69) is 29.5 Å². The molecule has 0 radical (unpaired) electrons. The van der Waals surface area contributed by atoms with Gasteiger partial charge in [0.1, 0.15) is 12.4 Å². The highest BCUT2D eigenvalue weighted by molar-refractivity contribution is 5.91. The molecule has 0 aliphatic carbocycles. The van der Waals surface area contributed by atoms with Crippen LogP contribution in [0.5, 0.6) is 5.75 Å². The monoisotopic (exact) mass is 363 g/mol. The molecule has 0 atom stereocenters. The van der Waals surface area contributed by atoms with Gasteiger partial charge in [-0.05, 0) is 48.2 Å². The van der Waals surface area contributed by atoms with Crippen LogP contribution in [-0.2, 0) is 0 Å². The highest BCUT2D eigenvalue weighted by Crippen LogP contribution is 2.27. The lowest BCUT2D eigenvalue weighted by Gasteiger charge is -2.17. The summed E-state index contributed by atoms with van der Waals surface area (Å²) in [6, 6.07) is 15.5. The minimum absolute atomic E-state index is 0.225. The summed E-state index contributed by atoms with van der Waals surface area (Å²) in [5.74, 6) is 1.10. The van der Waals surface area contributed by atoms with Crippen molar-refractivity contribution in [2.45, 2.75) is 26.7 Å². The van der Waals surface area contributed by atoms with E-state index in [1.54, 1.807) is 6.20 Å². The van der Waals surface area contributed by atoms with Gasteiger partial charge in [0.05, 0.1) is 12.1 Å². The van der Waals surface area contributed by atoms with Crippen molar-refractivity contribution in [1.29, 1.82) is 0 Å². The van der Waals surface area contributed by atoms with Crippen molar-refractivity contribution >= 4 is 22.6 Å². The average Bonchev–Trinajstić information content (AvgIpc) is 2.66. The van der Waals surface area contributed by atoms with E-state index in [9.17, 15) is 4.79 Å². The number of carbonyl (C=O) groups is 1. The van der Waals surface area contributed by atoms with Gasteiger partial charge in [-0.15, -0.1) is 0 Å². The number of urea groups is 1. The third kappa shape index (κ3) is 4.76. The summed E-state index contributed by atoms with van der Waals surface area (Å²) < 4.78 is 5.73. The molecule has 5 heteroatoms. The van der Waals surface area contributed by atoms with Crippen LogP contribution in [0.25, 0.3) is 10.9 Å². The Bertz CT molecular complexity index is 938. The van der Waals surface area contributed by atoms with Crippen molar-refractivity contribution in [1.82, 2.24) is 10.3 Å². The van der Waals surface area contributed by atoms with Gasteiger partial charge in [-0.2, -0.15) is 0 Å². The first-order valence-corrected chi connectivity index (χ1v) is 9.16. The zero-order valence-electron chi connectivity index (χ0n) is 16.0. The van der Waals surface area contributed by atoms with E-state index in [0.29, 0.717) is 19.1 Å². The van der Waals surface area contributed by atoms with Crippen LogP contribution in [0.1, 0.15) is 30.9 Å². The van der Waals surface area contributed by atoms with E-state index in [4.69, 9.17) is 4.74 Å². The summed E-state index contributed by atoms with van der Waals surface area (Å²) in [5.41, 5.74) is 4.00. The Kier molecular flexibility index (Phi) is 5.91. The molecule has 0 aliphatic heterocycles. The summed E-state index contributed by atoms with van der Waals surface area (Å²) in [6.45, 7) is 7.04. The molecular weight excluding hydrogens is 338 g/mol. The number of nitrogens with one attached hydrogen (secondary N) is 2. The Labute approximate surface area is 159 Å². The van der Waals surface area contributed by atoms with Crippen molar-refractivity contribution in [3.8, 4) is 5.75 Å². The van der Waals surface area contributed by atoms with E-state index in [0.717, 1.165) is 33.5 Å². The molecular formula is C22H25N3O2. The highest BCUT2D eigenvalue weighted by atomic mass is 16.5. The summed E-state index contributed by atoms with van der Waals surface area (Å²) >= 11 is 0. The molecule has 0 unspecified atom stereocenters. The van der Waals surface area contributed by atoms with Gasteiger partial charge in [0, 0.05) is 17.3 Å². The van der Waals surface area contributed by atoms with Crippen LogP contribution in [0.4, 0.5) is 10.5 Å². The Morgan fingerprint density at radius 1 is 1.15 bits per heavy atom. The first kappa shape index (κ1) is 18.7. The van der Waals surface area contributed by atoms with Crippen LogP contribution in [0.2, 0.25) is 0 Å². The van der Waals surface area contributed by atoms with Crippen LogP contribution < -0.4 is 15.4 Å². The maximum absolute atomic E-state index is 12.2. The number of fused-ring (bicyclic) bond motifs is 1. The molecule has 0 aliphatic rings. The number of para-hydroxylation sites is 1. The molecule has 0 saturated heterocycles. The lowest BCUT2D eigenvalue weighted by Crippen LogP contribution is -2.32. The maximum Gasteiger partial charge on any atom is 0.319 e. The number of ether oxygens (including phenoxy) is 1. The third-order valence-electron chi connectivity index (χ3n) is 4.40. The molecule has 5 nitrogen and oxygen atoms in total. The van der Waals surface area contributed by atoms with E-state index in [1.165, 1.54) is 0 Å². The van der Waals surface area contributed by atoms with Gasteiger partial charge in [0.15, 0.2) is 0 Å². The zero-order valence-corrected chi connectivity index (χ0v) is 16.0. The second-order valence-corrected chi connectivity index (χ2v) is 6.78. The fraction of sp³-hybridized carbons (Fsp3) is 0.273.